The van der Waals surface area contributed by atoms with Crippen molar-refractivity contribution in [3.05, 3.63) is 69.0 Å². The van der Waals surface area contributed by atoms with Crippen LogP contribution in [0.2, 0.25) is 5.02 Å². The molecule has 0 radical (unpaired) electrons. The molecule has 11 heteroatoms. The summed E-state index contributed by atoms with van der Waals surface area (Å²) in [6, 6.07) is 8.06. The average molecular weight is 403 g/mol. The molecule has 0 aliphatic carbocycles. The van der Waals surface area contributed by atoms with Crippen molar-refractivity contribution < 1.29 is 27.3 Å². The van der Waals surface area contributed by atoms with Crippen LogP contribution in [0.15, 0.2) is 47.4 Å². The number of non-ortho nitro benzene ring substituents is 1. The van der Waals surface area contributed by atoms with Gasteiger partial charge in [-0.2, -0.15) is 4.72 Å². The summed E-state index contributed by atoms with van der Waals surface area (Å²) in [4.78, 5) is 21.3. The molecule has 0 atom stereocenters. The topological polar surface area (TPSA) is 116 Å². The van der Waals surface area contributed by atoms with Crippen molar-refractivity contribution in [3.63, 3.8) is 0 Å². The first-order chi connectivity index (χ1) is 12.2. The van der Waals surface area contributed by atoms with Crippen molar-refractivity contribution >= 4 is 33.3 Å². The highest BCUT2D eigenvalue weighted by molar-refractivity contribution is 7.89. The molecule has 2 aromatic carbocycles. The molecule has 0 amide bonds. The van der Waals surface area contributed by atoms with Gasteiger partial charge < -0.3 is 4.74 Å². The number of nitrogens with zero attached hydrogens (tertiary/aromatic N) is 1. The molecule has 0 aromatic heterocycles. The molecule has 138 valence electrons. The highest BCUT2D eigenvalue weighted by Crippen LogP contribution is 2.20. The van der Waals surface area contributed by atoms with Gasteiger partial charge in [-0.05, 0) is 24.3 Å². The lowest BCUT2D eigenvalue weighted by atomic mass is 10.2. The average Bonchev–Trinajstić information content (AvgIpc) is 2.59. The fraction of sp³-hybridized carbons (Fsp3) is 0.133. The predicted octanol–water partition coefficient (Wildman–Crippen LogP) is 2.41. The van der Waals surface area contributed by atoms with Gasteiger partial charge in [0.2, 0.25) is 10.0 Å². The van der Waals surface area contributed by atoms with Gasteiger partial charge in [0.1, 0.15) is 19.0 Å². The monoisotopic (exact) mass is 402 g/mol. The molecule has 2 aromatic rings. The first-order valence-corrected chi connectivity index (χ1v) is 8.89. The summed E-state index contributed by atoms with van der Waals surface area (Å²) in [6.45, 7) is -1.16. The van der Waals surface area contributed by atoms with Gasteiger partial charge >= 0.3 is 5.97 Å². The normalized spacial score (nSPS) is 11.2. The lowest BCUT2D eigenvalue weighted by Gasteiger charge is -2.09. The van der Waals surface area contributed by atoms with Crippen LogP contribution in [0, 0.1) is 15.9 Å². The Morgan fingerprint density at radius 1 is 1.23 bits per heavy atom. The summed E-state index contributed by atoms with van der Waals surface area (Å²) in [5.41, 5.74) is -0.300. The zero-order valence-corrected chi connectivity index (χ0v) is 14.6. The van der Waals surface area contributed by atoms with Crippen LogP contribution >= 0.6 is 11.6 Å². The van der Waals surface area contributed by atoms with Crippen molar-refractivity contribution in [1.82, 2.24) is 4.72 Å². The molecular weight excluding hydrogens is 391 g/mol. The minimum Gasteiger partial charge on any atom is -0.460 e. The minimum absolute atomic E-state index is 0.0271. The number of nitrogens with one attached hydrogen (secondary N) is 1. The third-order valence-corrected chi connectivity index (χ3v) is 4.97. The standard InChI is InChI=1S/C15H12ClFN2O6S/c16-13-2-1-3-14(17)12(13)9-25-15(20)8-18-26(23,24)11-6-4-10(5-7-11)19(21)22/h1-7,18H,8-9H2. The van der Waals surface area contributed by atoms with Crippen molar-refractivity contribution in [2.24, 2.45) is 0 Å². The van der Waals surface area contributed by atoms with Crippen LogP contribution in [0.5, 0.6) is 0 Å². The number of halogens is 2. The summed E-state index contributed by atoms with van der Waals surface area (Å²) in [6.07, 6.45) is 0. The van der Waals surface area contributed by atoms with E-state index in [9.17, 15) is 27.7 Å². The number of carbonyl (C=O) groups excluding carboxylic acids is 1. The van der Waals surface area contributed by atoms with Gasteiger partial charge in [-0.1, -0.05) is 17.7 Å². The molecule has 8 nitrogen and oxygen atoms in total. The molecule has 0 fully saturated rings. The third kappa shape index (κ3) is 4.97. The van der Waals surface area contributed by atoms with E-state index in [4.69, 9.17) is 16.3 Å². The van der Waals surface area contributed by atoms with Gasteiger partial charge in [0, 0.05) is 17.7 Å². The van der Waals surface area contributed by atoms with Crippen LogP contribution in [0.3, 0.4) is 0 Å². The van der Waals surface area contributed by atoms with E-state index in [0.717, 1.165) is 30.3 Å². The predicted molar refractivity (Wildman–Crippen MR) is 89.5 cm³/mol. The number of hydrogen-bond acceptors (Lipinski definition) is 6. The number of esters is 1. The van der Waals surface area contributed by atoms with Crippen molar-refractivity contribution in [3.8, 4) is 0 Å². The number of nitro benzene ring substituents is 1. The van der Waals surface area contributed by atoms with Crippen LogP contribution in [-0.4, -0.2) is 25.9 Å². The molecule has 0 aliphatic heterocycles. The van der Waals surface area contributed by atoms with Gasteiger partial charge in [0.05, 0.1) is 14.8 Å². The zero-order valence-electron chi connectivity index (χ0n) is 13.0. The second-order valence-corrected chi connectivity index (χ2v) is 7.11. The molecule has 1 N–H and O–H groups in total. The first kappa shape index (κ1) is 19.8. The number of nitro groups is 1. The Hall–Kier alpha value is -2.56. The van der Waals surface area contributed by atoms with Crippen molar-refractivity contribution in [2.75, 3.05) is 6.54 Å². The van der Waals surface area contributed by atoms with E-state index in [0.29, 0.717) is 0 Å². The minimum atomic E-state index is -4.07. The molecule has 0 heterocycles. The van der Waals surface area contributed by atoms with Gasteiger partial charge in [-0.15, -0.1) is 0 Å². The molecule has 0 unspecified atom stereocenters. The quantitative estimate of drug-likeness (QED) is 0.432. The van der Waals surface area contributed by atoms with E-state index >= 15 is 0 Å². The fourth-order valence-electron chi connectivity index (χ4n) is 1.86. The molecule has 2 rings (SSSR count). The molecule has 0 aliphatic rings. The van der Waals surface area contributed by atoms with E-state index in [1.54, 1.807) is 0 Å². The summed E-state index contributed by atoms with van der Waals surface area (Å²) < 4.78 is 44.4. The van der Waals surface area contributed by atoms with E-state index in [-0.39, 0.29) is 21.2 Å². The Balaban J connectivity index is 1.94. The van der Waals surface area contributed by atoms with E-state index in [1.165, 1.54) is 12.1 Å². The van der Waals surface area contributed by atoms with E-state index in [2.05, 4.69) is 0 Å². The van der Waals surface area contributed by atoms with Gasteiger partial charge in [0.15, 0.2) is 0 Å². The van der Waals surface area contributed by atoms with Crippen LogP contribution in [-0.2, 0) is 26.2 Å². The Labute approximate surface area is 152 Å². The van der Waals surface area contributed by atoms with Gasteiger partial charge in [-0.25, -0.2) is 12.8 Å². The maximum absolute atomic E-state index is 13.6. The fourth-order valence-corrected chi connectivity index (χ4v) is 3.04. The molecular formula is C15H12ClFN2O6S. The molecule has 0 bridgehead atoms. The molecule has 0 spiro atoms. The second-order valence-electron chi connectivity index (χ2n) is 4.94. The highest BCUT2D eigenvalue weighted by atomic mass is 35.5. The number of rotatable bonds is 7. The number of hydrogen-bond donors (Lipinski definition) is 1. The Kier molecular flexibility index (Phi) is 6.24. The maximum atomic E-state index is 13.6. The molecule has 26 heavy (non-hydrogen) atoms. The summed E-state index contributed by atoms with van der Waals surface area (Å²) in [5, 5.41) is 10.6. The number of ether oxygens (including phenoxy) is 1. The van der Waals surface area contributed by atoms with Crippen LogP contribution < -0.4 is 4.72 Å². The summed E-state index contributed by atoms with van der Waals surface area (Å²) >= 11 is 5.79. The largest absolute Gasteiger partial charge is 0.460 e. The smallest absolute Gasteiger partial charge is 0.321 e. The van der Waals surface area contributed by atoms with E-state index in [1.807, 2.05) is 4.72 Å². The van der Waals surface area contributed by atoms with Gasteiger partial charge in [0.25, 0.3) is 5.69 Å². The SMILES string of the molecule is O=C(CNS(=O)(=O)c1ccc([N+](=O)[O-])cc1)OCc1c(F)cccc1Cl. The third-order valence-electron chi connectivity index (χ3n) is 3.20. The highest BCUT2D eigenvalue weighted by Gasteiger charge is 2.18. The first-order valence-electron chi connectivity index (χ1n) is 7.03. The Bertz CT molecular complexity index is 913. The Morgan fingerprint density at radius 3 is 2.46 bits per heavy atom. The second kappa shape index (κ2) is 8.21. The van der Waals surface area contributed by atoms with Gasteiger partial charge in [-0.3, -0.25) is 14.9 Å². The molecule has 0 saturated heterocycles. The lowest BCUT2D eigenvalue weighted by molar-refractivity contribution is -0.384. The lowest BCUT2D eigenvalue weighted by Crippen LogP contribution is -2.30. The van der Waals surface area contributed by atoms with Crippen LogP contribution in [0.25, 0.3) is 0 Å². The number of carbonyl (C=O) groups is 1. The van der Waals surface area contributed by atoms with Crippen molar-refractivity contribution in [1.29, 1.82) is 0 Å². The van der Waals surface area contributed by atoms with Crippen LogP contribution in [0.1, 0.15) is 5.56 Å². The molecule has 0 saturated carbocycles. The summed E-state index contributed by atoms with van der Waals surface area (Å²) in [5.74, 6) is -1.61. The van der Waals surface area contributed by atoms with Crippen molar-refractivity contribution in [2.45, 2.75) is 11.5 Å². The summed E-state index contributed by atoms with van der Waals surface area (Å²) in [7, 11) is -4.07. The number of benzene rings is 2. The Morgan fingerprint density at radius 2 is 1.88 bits per heavy atom. The number of sulfonamides is 1. The maximum Gasteiger partial charge on any atom is 0.321 e. The van der Waals surface area contributed by atoms with Crippen LogP contribution in [0.4, 0.5) is 10.1 Å². The zero-order chi connectivity index (χ0) is 19.3. The van der Waals surface area contributed by atoms with E-state index < -0.39 is 39.9 Å².